The molecule has 1 rings (SSSR count). The molecule has 0 aromatic heterocycles. The number of carbonyl (C=O) groups excluding carboxylic acids is 2. The second-order valence-corrected chi connectivity index (χ2v) is 5.99. The second kappa shape index (κ2) is 7.11. The summed E-state index contributed by atoms with van der Waals surface area (Å²) in [4.78, 5) is 24.1. The van der Waals surface area contributed by atoms with Crippen LogP contribution in [0.1, 0.15) is 26.3 Å². The molecular weight excluding hydrogens is 349 g/mol. The molecular formula is C16H18ClF3O4. The number of hydrogen-bond acceptors (Lipinski definition) is 4. The van der Waals surface area contributed by atoms with Gasteiger partial charge in [-0.15, -0.1) is 11.6 Å². The van der Waals surface area contributed by atoms with Crippen molar-refractivity contribution in [2.24, 2.45) is 5.41 Å². The Balaban J connectivity index is 3.41. The van der Waals surface area contributed by atoms with Crippen LogP contribution in [0.5, 0.6) is 0 Å². The van der Waals surface area contributed by atoms with E-state index >= 15 is 0 Å². The first kappa shape index (κ1) is 20.4. The van der Waals surface area contributed by atoms with Crippen LogP contribution in [0.4, 0.5) is 13.2 Å². The van der Waals surface area contributed by atoms with Gasteiger partial charge in [-0.3, -0.25) is 9.59 Å². The third-order valence-electron chi connectivity index (χ3n) is 3.67. The van der Waals surface area contributed by atoms with Gasteiger partial charge in [-0.05, 0) is 26.8 Å². The van der Waals surface area contributed by atoms with E-state index in [1.165, 1.54) is 19.1 Å². The van der Waals surface area contributed by atoms with Crippen molar-refractivity contribution < 1.29 is 32.6 Å². The summed E-state index contributed by atoms with van der Waals surface area (Å²) in [5, 5.41) is 10.4. The van der Waals surface area contributed by atoms with Gasteiger partial charge in [-0.25, -0.2) is 4.39 Å². The van der Waals surface area contributed by atoms with Gasteiger partial charge in [0.2, 0.25) is 5.78 Å². The van der Waals surface area contributed by atoms with Crippen molar-refractivity contribution in [2.75, 3.05) is 12.5 Å². The Labute approximate surface area is 142 Å². The predicted molar refractivity (Wildman–Crippen MR) is 81.4 cm³/mol. The molecule has 1 unspecified atom stereocenters. The van der Waals surface area contributed by atoms with Crippen molar-refractivity contribution in [1.82, 2.24) is 0 Å². The average Bonchev–Trinajstić information content (AvgIpc) is 2.53. The van der Waals surface area contributed by atoms with Crippen LogP contribution in [0.25, 0.3) is 0 Å². The molecule has 0 saturated heterocycles. The molecule has 8 heteroatoms. The third-order valence-corrected chi connectivity index (χ3v) is 4.06. The number of benzene rings is 1. The van der Waals surface area contributed by atoms with Crippen molar-refractivity contribution in [1.29, 1.82) is 0 Å². The number of ketones is 1. The van der Waals surface area contributed by atoms with E-state index in [1.54, 1.807) is 0 Å². The van der Waals surface area contributed by atoms with Crippen LogP contribution in [0.3, 0.4) is 0 Å². The van der Waals surface area contributed by atoms with E-state index in [-0.39, 0.29) is 6.61 Å². The summed E-state index contributed by atoms with van der Waals surface area (Å²) in [7, 11) is 0. The number of alkyl halides is 3. The second-order valence-electron chi connectivity index (χ2n) is 5.72. The lowest BCUT2D eigenvalue weighted by Gasteiger charge is -2.37. The van der Waals surface area contributed by atoms with Gasteiger partial charge in [0.15, 0.2) is 5.60 Å². The number of carbonyl (C=O) groups is 2. The zero-order valence-corrected chi connectivity index (χ0v) is 14.2. The first-order valence-electron chi connectivity index (χ1n) is 7.10. The standard InChI is InChI=1S/C16H18ClF3O4/c1-4-24-13(22)14(2,3)12(21)16(19,20)15(23,9-17)10-7-5-6-8-11(10)18/h5-8,23H,4,9H2,1-3H3. The van der Waals surface area contributed by atoms with Crippen LogP contribution in [0.15, 0.2) is 24.3 Å². The molecule has 4 nitrogen and oxygen atoms in total. The van der Waals surface area contributed by atoms with Gasteiger partial charge in [0.05, 0.1) is 12.5 Å². The zero-order valence-electron chi connectivity index (χ0n) is 13.4. The molecule has 0 heterocycles. The summed E-state index contributed by atoms with van der Waals surface area (Å²) >= 11 is 5.47. The molecule has 1 N–H and O–H groups in total. The van der Waals surface area contributed by atoms with Crippen molar-refractivity contribution in [3.05, 3.63) is 35.6 Å². The number of hydrogen-bond donors (Lipinski definition) is 1. The highest BCUT2D eigenvalue weighted by Gasteiger charge is 2.64. The van der Waals surface area contributed by atoms with Crippen molar-refractivity contribution in [3.8, 4) is 0 Å². The first-order valence-corrected chi connectivity index (χ1v) is 7.63. The number of Topliss-reactive ketones (excluding diaryl/α,β-unsaturated/α-hetero) is 1. The maximum absolute atomic E-state index is 14.8. The van der Waals surface area contributed by atoms with Gasteiger partial charge in [0.25, 0.3) is 0 Å². The molecule has 0 fully saturated rings. The third kappa shape index (κ3) is 3.28. The molecule has 0 radical (unpaired) electrons. The molecule has 24 heavy (non-hydrogen) atoms. The number of aliphatic hydroxyl groups is 1. The highest BCUT2D eigenvalue weighted by Crippen LogP contribution is 2.44. The monoisotopic (exact) mass is 366 g/mol. The Kier molecular flexibility index (Phi) is 6.05. The summed E-state index contributed by atoms with van der Waals surface area (Å²) in [6.45, 7) is 3.22. The molecule has 0 spiro atoms. The van der Waals surface area contributed by atoms with Crippen LogP contribution in [-0.2, 0) is 19.9 Å². The number of ether oxygens (including phenoxy) is 1. The topological polar surface area (TPSA) is 63.6 Å². The van der Waals surface area contributed by atoms with Crippen molar-refractivity contribution >= 4 is 23.4 Å². The molecule has 0 aliphatic rings. The first-order chi connectivity index (χ1) is 11.0. The minimum Gasteiger partial charge on any atom is -0.465 e. The summed E-state index contributed by atoms with van der Waals surface area (Å²) in [5.41, 5.74) is -6.41. The molecule has 1 aromatic carbocycles. The minimum absolute atomic E-state index is 0.117. The fraction of sp³-hybridized carbons (Fsp3) is 0.500. The number of rotatable bonds is 7. The van der Waals surface area contributed by atoms with Crippen LogP contribution in [0, 0.1) is 11.2 Å². The van der Waals surface area contributed by atoms with E-state index in [0.29, 0.717) is 0 Å². The van der Waals surface area contributed by atoms with Crippen molar-refractivity contribution in [2.45, 2.75) is 32.3 Å². The van der Waals surface area contributed by atoms with Gasteiger partial charge in [-0.2, -0.15) is 8.78 Å². The SMILES string of the molecule is CCOC(=O)C(C)(C)C(=O)C(F)(F)C(O)(CCl)c1ccccc1F. The highest BCUT2D eigenvalue weighted by molar-refractivity contribution is 6.19. The van der Waals surface area contributed by atoms with Gasteiger partial charge >= 0.3 is 11.9 Å². The van der Waals surface area contributed by atoms with E-state index in [4.69, 9.17) is 11.6 Å². The van der Waals surface area contributed by atoms with E-state index in [9.17, 15) is 27.9 Å². The Morgan fingerprint density at radius 3 is 2.25 bits per heavy atom. The minimum atomic E-state index is -4.53. The quantitative estimate of drug-likeness (QED) is 0.457. The molecule has 0 amide bonds. The zero-order chi connectivity index (χ0) is 18.8. The normalized spacial score (nSPS) is 14.8. The molecule has 0 saturated carbocycles. The van der Waals surface area contributed by atoms with Gasteiger partial charge in [0.1, 0.15) is 11.2 Å². The molecule has 0 aliphatic heterocycles. The Morgan fingerprint density at radius 1 is 1.25 bits per heavy atom. The fourth-order valence-electron chi connectivity index (χ4n) is 2.11. The molecule has 134 valence electrons. The lowest BCUT2D eigenvalue weighted by molar-refractivity contribution is -0.199. The van der Waals surface area contributed by atoms with Crippen LogP contribution in [-0.4, -0.2) is 35.3 Å². The summed E-state index contributed by atoms with van der Waals surface area (Å²) in [6.07, 6.45) is 0. The van der Waals surface area contributed by atoms with Gasteiger partial charge in [-0.1, -0.05) is 18.2 Å². The summed E-state index contributed by atoms with van der Waals surface area (Å²) in [5.74, 6) is -9.94. The average molecular weight is 367 g/mol. The predicted octanol–water partition coefficient (Wildman–Crippen LogP) is 3.05. The Morgan fingerprint density at radius 2 is 1.79 bits per heavy atom. The lowest BCUT2D eigenvalue weighted by Crippen LogP contribution is -2.58. The van der Waals surface area contributed by atoms with Gasteiger partial charge < -0.3 is 9.84 Å². The molecule has 1 aromatic rings. The van der Waals surface area contributed by atoms with Gasteiger partial charge in [0, 0.05) is 5.56 Å². The Hall–Kier alpha value is -1.60. The van der Waals surface area contributed by atoms with Crippen molar-refractivity contribution in [3.63, 3.8) is 0 Å². The van der Waals surface area contributed by atoms with E-state index in [1.807, 2.05) is 0 Å². The molecule has 0 aliphatic carbocycles. The fourth-order valence-corrected chi connectivity index (χ4v) is 2.42. The molecule has 0 bridgehead atoms. The number of halogens is 4. The maximum Gasteiger partial charge on any atom is 0.339 e. The van der Waals surface area contributed by atoms with Crippen LogP contribution in [0.2, 0.25) is 0 Å². The van der Waals surface area contributed by atoms with E-state index < -0.39 is 46.0 Å². The summed E-state index contributed by atoms with van der Waals surface area (Å²) in [6, 6.07) is 4.20. The van der Waals surface area contributed by atoms with E-state index in [0.717, 1.165) is 26.0 Å². The highest BCUT2D eigenvalue weighted by atomic mass is 35.5. The lowest BCUT2D eigenvalue weighted by atomic mass is 9.76. The summed E-state index contributed by atoms with van der Waals surface area (Å²) < 4.78 is 48.0. The molecule has 1 atom stereocenters. The largest absolute Gasteiger partial charge is 0.465 e. The maximum atomic E-state index is 14.8. The smallest absolute Gasteiger partial charge is 0.339 e. The number of esters is 1. The van der Waals surface area contributed by atoms with E-state index in [2.05, 4.69) is 4.74 Å². The van der Waals surface area contributed by atoms with Crippen LogP contribution < -0.4 is 0 Å². The Bertz CT molecular complexity index is 634. The van der Waals surface area contributed by atoms with Crippen LogP contribution >= 0.6 is 11.6 Å².